The lowest BCUT2D eigenvalue weighted by molar-refractivity contribution is -0.332. The highest BCUT2D eigenvalue weighted by atomic mass is 16.7. The van der Waals surface area contributed by atoms with Gasteiger partial charge < -0.3 is 64.2 Å². The van der Waals surface area contributed by atoms with Crippen molar-refractivity contribution in [1.29, 1.82) is 0 Å². The largest absolute Gasteiger partial charge is 0.457 e. The molecule has 0 aromatic heterocycles. The van der Waals surface area contributed by atoms with E-state index < -0.39 is 86.7 Å². The van der Waals surface area contributed by atoms with Crippen LogP contribution in [0.15, 0.2) is 60.8 Å². The molecule has 2 aliphatic rings. The molecule has 0 amide bonds. The van der Waals surface area contributed by atoms with E-state index in [1.807, 2.05) is 0 Å². The average Bonchev–Trinajstić information content (AvgIpc) is 3.17. The van der Waals surface area contributed by atoms with Crippen molar-refractivity contribution in [2.75, 3.05) is 33.0 Å². The SMILES string of the molecule is CC/C=C\C/C=C\C/C=C\C/C=C\C/C=C\CCCCCCOCC(COC1OC(COC2OC(CO)C(O)C(O)C2O)C(O)C(O)C1O)OC(=O)CC. The predicted octanol–water partition coefficient (Wildman–Crippen LogP) is 2.67. The second-order valence-corrected chi connectivity index (χ2v) is 13.3. The molecule has 2 heterocycles. The number of esters is 1. The molecule has 0 spiro atoms. The van der Waals surface area contributed by atoms with Crippen LogP contribution >= 0.6 is 0 Å². The summed E-state index contributed by atoms with van der Waals surface area (Å²) in [6.07, 6.45) is 15.6. The van der Waals surface area contributed by atoms with Gasteiger partial charge in [0.25, 0.3) is 0 Å². The number of hydrogen-bond donors (Lipinski definition) is 7. The van der Waals surface area contributed by atoms with Gasteiger partial charge in [-0.3, -0.25) is 4.79 Å². The fraction of sp³-hybridized carbons (Fsp3) is 0.725. The molecule has 14 nitrogen and oxygen atoms in total. The Morgan fingerprint density at radius 3 is 1.70 bits per heavy atom. The minimum atomic E-state index is -1.71. The van der Waals surface area contributed by atoms with E-state index in [2.05, 4.69) is 67.7 Å². The molecular formula is C40H66O14. The first kappa shape index (κ1) is 47.8. The van der Waals surface area contributed by atoms with Crippen molar-refractivity contribution in [1.82, 2.24) is 0 Å². The first-order chi connectivity index (χ1) is 26.1. The normalized spacial score (nSPS) is 30.1. The fourth-order valence-electron chi connectivity index (χ4n) is 5.58. The van der Waals surface area contributed by atoms with Crippen molar-refractivity contribution >= 4 is 5.97 Å². The lowest BCUT2D eigenvalue weighted by Gasteiger charge is -2.42. The second-order valence-electron chi connectivity index (χ2n) is 13.3. The van der Waals surface area contributed by atoms with Crippen LogP contribution in [-0.4, -0.2) is 142 Å². The maximum atomic E-state index is 12.1. The first-order valence-corrected chi connectivity index (χ1v) is 19.4. The Bertz CT molecular complexity index is 1120. The molecule has 0 bridgehead atoms. The monoisotopic (exact) mass is 770 g/mol. The van der Waals surface area contributed by atoms with Gasteiger partial charge in [-0.05, 0) is 51.4 Å². The number of carbonyl (C=O) groups excluding carboxylic acids is 1. The van der Waals surface area contributed by atoms with E-state index in [4.69, 9.17) is 28.4 Å². The molecule has 0 aliphatic carbocycles. The van der Waals surface area contributed by atoms with Crippen LogP contribution in [0.4, 0.5) is 0 Å². The first-order valence-electron chi connectivity index (χ1n) is 19.4. The van der Waals surface area contributed by atoms with Crippen LogP contribution in [0.1, 0.15) is 84.5 Å². The summed E-state index contributed by atoms with van der Waals surface area (Å²) in [6, 6.07) is 0. The Kier molecular flexibility index (Phi) is 25.7. The Balaban J connectivity index is 1.65. The standard InChI is InChI=1S/C40H66O14/c1-3-5-6-7-8-9-10-11-12-13-14-15-16-17-18-19-20-21-22-23-24-49-26-29(52-32(42)4-2)27-50-39-38(48)36(46)34(44)31(54-39)28-51-40-37(47)35(45)33(43)30(25-41)53-40/h5-6,8-9,11-12,14-15,17-18,29-31,33-41,43-48H,3-4,7,10,13,16,19-28H2,1-2H3/b6-5-,9-8-,12-11-,15-14-,18-17-. The summed E-state index contributed by atoms with van der Waals surface area (Å²) < 4.78 is 33.2. The Morgan fingerprint density at radius 1 is 0.611 bits per heavy atom. The number of unbranched alkanes of at least 4 members (excludes halogenated alkanes) is 4. The van der Waals surface area contributed by atoms with Crippen LogP contribution in [0.25, 0.3) is 0 Å². The van der Waals surface area contributed by atoms with Gasteiger partial charge in [-0.15, -0.1) is 0 Å². The van der Waals surface area contributed by atoms with E-state index >= 15 is 0 Å². The summed E-state index contributed by atoms with van der Waals surface area (Å²) in [5, 5.41) is 71.0. The van der Waals surface area contributed by atoms with E-state index in [0.29, 0.717) is 6.61 Å². The number of allylic oxidation sites excluding steroid dienone is 10. The molecule has 0 radical (unpaired) electrons. The van der Waals surface area contributed by atoms with Gasteiger partial charge in [0, 0.05) is 13.0 Å². The van der Waals surface area contributed by atoms with Crippen LogP contribution in [-0.2, 0) is 33.2 Å². The van der Waals surface area contributed by atoms with E-state index in [9.17, 15) is 40.5 Å². The predicted molar refractivity (Wildman–Crippen MR) is 201 cm³/mol. The van der Waals surface area contributed by atoms with Gasteiger partial charge in [-0.1, -0.05) is 87.4 Å². The Labute approximate surface area is 320 Å². The third-order valence-corrected chi connectivity index (χ3v) is 8.85. The maximum absolute atomic E-state index is 12.1. The van der Waals surface area contributed by atoms with Gasteiger partial charge in [0.2, 0.25) is 0 Å². The zero-order chi connectivity index (χ0) is 39.6. The minimum absolute atomic E-state index is 0.0312. The Hall–Kier alpha value is -2.31. The molecule has 14 heteroatoms. The average molecular weight is 771 g/mol. The van der Waals surface area contributed by atoms with Crippen molar-refractivity contribution in [3.05, 3.63) is 60.8 Å². The van der Waals surface area contributed by atoms with Gasteiger partial charge in [0.05, 0.1) is 26.4 Å². The molecule has 11 atom stereocenters. The third-order valence-electron chi connectivity index (χ3n) is 8.85. The zero-order valence-electron chi connectivity index (χ0n) is 31.9. The summed E-state index contributed by atoms with van der Waals surface area (Å²) in [7, 11) is 0. The lowest BCUT2D eigenvalue weighted by atomic mass is 9.98. The highest BCUT2D eigenvalue weighted by Crippen LogP contribution is 2.26. The molecule has 7 N–H and O–H groups in total. The third kappa shape index (κ3) is 18.5. The fourth-order valence-corrected chi connectivity index (χ4v) is 5.58. The molecule has 11 unspecified atom stereocenters. The highest BCUT2D eigenvalue weighted by molar-refractivity contribution is 5.69. The second kappa shape index (κ2) is 29.0. The van der Waals surface area contributed by atoms with Crippen LogP contribution < -0.4 is 0 Å². The van der Waals surface area contributed by atoms with Crippen molar-refractivity contribution in [2.45, 2.75) is 152 Å². The van der Waals surface area contributed by atoms with E-state index in [-0.39, 0.29) is 19.6 Å². The molecule has 54 heavy (non-hydrogen) atoms. The van der Waals surface area contributed by atoms with Crippen LogP contribution in [0.3, 0.4) is 0 Å². The number of aliphatic hydroxyl groups is 7. The van der Waals surface area contributed by atoms with Crippen molar-refractivity contribution in [3.63, 3.8) is 0 Å². The van der Waals surface area contributed by atoms with Gasteiger partial charge in [0.1, 0.15) is 54.9 Å². The molecule has 310 valence electrons. The topological polar surface area (TPSA) is 214 Å². The van der Waals surface area contributed by atoms with Gasteiger partial charge in [0.15, 0.2) is 12.6 Å². The van der Waals surface area contributed by atoms with Crippen LogP contribution in [0.5, 0.6) is 0 Å². The minimum Gasteiger partial charge on any atom is -0.457 e. The van der Waals surface area contributed by atoms with Crippen molar-refractivity contribution in [2.24, 2.45) is 0 Å². The molecule has 0 saturated carbocycles. The zero-order valence-corrected chi connectivity index (χ0v) is 31.9. The smallest absolute Gasteiger partial charge is 0.305 e. The number of aliphatic hydroxyl groups excluding tert-OH is 7. The Morgan fingerprint density at radius 2 is 1.13 bits per heavy atom. The molecule has 2 rings (SSSR count). The lowest BCUT2D eigenvalue weighted by Crippen LogP contribution is -2.61. The quantitative estimate of drug-likeness (QED) is 0.0364. The van der Waals surface area contributed by atoms with Crippen molar-refractivity contribution < 1.29 is 69.0 Å². The molecular weight excluding hydrogens is 704 g/mol. The van der Waals surface area contributed by atoms with E-state index in [1.165, 1.54) is 0 Å². The van der Waals surface area contributed by atoms with Gasteiger partial charge in [-0.25, -0.2) is 0 Å². The van der Waals surface area contributed by atoms with Gasteiger partial charge >= 0.3 is 5.97 Å². The van der Waals surface area contributed by atoms with Gasteiger partial charge in [-0.2, -0.15) is 0 Å². The van der Waals surface area contributed by atoms with Crippen molar-refractivity contribution in [3.8, 4) is 0 Å². The summed E-state index contributed by atoms with van der Waals surface area (Å²) in [4.78, 5) is 12.1. The summed E-state index contributed by atoms with van der Waals surface area (Å²) in [5.74, 6) is -0.478. The molecule has 2 fully saturated rings. The number of rotatable bonds is 27. The molecule has 0 aromatic carbocycles. The molecule has 0 aromatic rings. The maximum Gasteiger partial charge on any atom is 0.305 e. The van der Waals surface area contributed by atoms with Crippen LogP contribution in [0.2, 0.25) is 0 Å². The molecule has 2 saturated heterocycles. The summed E-state index contributed by atoms with van der Waals surface area (Å²) in [5.41, 5.74) is 0. The highest BCUT2D eigenvalue weighted by Gasteiger charge is 2.47. The van der Waals surface area contributed by atoms with E-state index in [1.54, 1.807) is 6.92 Å². The van der Waals surface area contributed by atoms with Crippen LogP contribution in [0, 0.1) is 0 Å². The number of carbonyl (C=O) groups is 1. The van der Waals surface area contributed by atoms with E-state index in [0.717, 1.165) is 64.2 Å². The number of hydrogen-bond acceptors (Lipinski definition) is 14. The number of ether oxygens (including phenoxy) is 6. The summed E-state index contributed by atoms with van der Waals surface area (Å²) in [6.45, 7) is 2.87. The molecule has 2 aliphatic heterocycles. The summed E-state index contributed by atoms with van der Waals surface area (Å²) >= 11 is 0.